The van der Waals surface area contributed by atoms with Crippen LogP contribution in [0.15, 0.2) is 23.8 Å². The van der Waals surface area contributed by atoms with Gasteiger partial charge in [0, 0.05) is 6.54 Å². The molecule has 106 valence electrons. The monoisotopic (exact) mass is 271 g/mol. The predicted molar refractivity (Wildman–Crippen MR) is 75.6 cm³/mol. The van der Waals surface area contributed by atoms with Gasteiger partial charge in [-0.2, -0.15) is 0 Å². The number of nitrogens with zero attached hydrogens (tertiary/aromatic N) is 1. The van der Waals surface area contributed by atoms with Crippen molar-refractivity contribution < 1.29 is 9.59 Å². The summed E-state index contributed by atoms with van der Waals surface area (Å²) in [6.07, 6.45) is 13.4. The van der Waals surface area contributed by atoms with E-state index in [2.05, 4.69) is 18.2 Å². The maximum Gasteiger partial charge on any atom is 0.233 e. The van der Waals surface area contributed by atoms with E-state index in [0.717, 1.165) is 25.7 Å². The summed E-state index contributed by atoms with van der Waals surface area (Å²) in [7, 11) is 0. The topological polar surface area (TPSA) is 37.4 Å². The molecular weight excluding hydrogens is 250 g/mol. The van der Waals surface area contributed by atoms with Gasteiger partial charge in [-0.1, -0.05) is 23.8 Å². The SMILES string of the molecule is O=C1[C@@H]2[C@@H](C(=O)N1CCC1=CCCCC1)[C@H]1C=C[C@H]2C1. The Kier molecular flexibility index (Phi) is 2.83. The van der Waals surface area contributed by atoms with Crippen molar-refractivity contribution in [2.45, 2.75) is 38.5 Å². The zero-order valence-corrected chi connectivity index (χ0v) is 11.8. The summed E-state index contributed by atoms with van der Waals surface area (Å²) in [6.45, 7) is 0.607. The summed E-state index contributed by atoms with van der Waals surface area (Å²) in [5, 5.41) is 0. The van der Waals surface area contributed by atoms with Crippen molar-refractivity contribution in [3.63, 3.8) is 0 Å². The largest absolute Gasteiger partial charge is 0.282 e. The summed E-state index contributed by atoms with van der Waals surface area (Å²) in [4.78, 5) is 26.6. The van der Waals surface area contributed by atoms with E-state index >= 15 is 0 Å². The Balaban J connectivity index is 1.46. The first kappa shape index (κ1) is 12.4. The third-order valence-corrected chi connectivity index (χ3v) is 5.60. The predicted octanol–water partition coefficient (Wildman–Crippen LogP) is 2.68. The lowest BCUT2D eigenvalue weighted by Crippen LogP contribution is -2.34. The molecule has 20 heavy (non-hydrogen) atoms. The fourth-order valence-electron chi connectivity index (χ4n) is 4.57. The van der Waals surface area contributed by atoms with Crippen molar-refractivity contribution in [2.24, 2.45) is 23.7 Å². The zero-order chi connectivity index (χ0) is 13.7. The van der Waals surface area contributed by atoms with Gasteiger partial charge >= 0.3 is 0 Å². The van der Waals surface area contributed by atoms with E-state index in [0.29, 0.717) is 18.4 Å². The lowest BCUT2D eigenvalue weighted by molar-refractivity contribution is -0.140. The van der Waals surface area contributed by atoms with Gasteiger partial charge in [-0.15, -0.1) is 0 Å². The fraction of sp³-hybridized carbons (Fsp3) is 0.647. The molecule has 0 radical (unpaired) electrons. The first-order valence-corrected chi connectivity index (χ1v) is 7.97. The Morgan fingerprint density at radius 2 is 1.75 bits per heavy atom. The molecule has 1 saturated heterocycles. The number of likely N-dealkylation sites (tertiary alicyclic amines) is 1. The molecule has 4 atom stereocenters. The van der Waals surface area contributed by atoms with E-state index in [1.807, 2.05) is 0 Å². The van der Waals surface area contributed by atoms with Crippen molar-refractivity contribution in [1.82, 2.24) is 4.90 Å². The van der Waals surface area contributed by atoms with E-state index in [1.54, 1.807) is 4.90 Å². The van der Waals surface area contributed by atoms with Crippen LogP contribution in [-0.2, 0) is 9.59 Å². The molecule has 0 unspecified atom stereocenters. The van der Waals surface area contributed by atoms with Crippen molar-refractivity contribution >= 4 is 11.8 Å². The molecule has 2 fully saturated rings. The normalized spacial score (nSPS) is 38.6. The van der Waals surface area contributed by atoms with Gasteiger partial charge in [-0.25, -0.2) is 0 Å². The van der Waals surface area contributed by atoms with Gasteiger partial charge in [-0.05, 0) is 50.4 Å². The van der Waals surface area contributed by atoms with Crippen molar-refractivity contribution in [3.05, 3.63) is 23.8 Å². The fourth-order valence-corrected chi connectivity index (χ4v) is 4.57. The molecule has 3 nitrogen and oxygen atoms in total. The molecule has 2 amide bonds. The molecule has 3 aliphatic carbocycles. The van der Waals surface area contributed by atoms with Gasteiger partial charge in [0.1, 0.15) is 0 Å². The molecule has 1 saturated carbocycles. The van der Waals surface area contributed by atoms with Crippen molar-refractivity contribution in [1.29, 1.82) is 0 Å². The smallest absolute Gasteiger partial charge is 0.233 e. The van der Waals surface area contributed by atoms with Crippen LogP contribution < -0.4 is 0 Å². The zero-order valence-electron chi connectivity index (χ0n) is 11.8. The molecule has 0 aromatic carbocycles. The molecule has 0 N–H and O–H groups in total. The number of allylic oxidation sites excluding steroid dienone is 3. The highest BCUT2D eigenvalue weighted by atomic mass is 16.2. The van der Waals surface area contributed by atoms with E-state index < -0.39 is 0 Å². The number of carbonyl (C=O) groups is 2. The Morgan fingerprint density at radius 1 is 1.05 bits per heavy atom. The number of hydrogen-bond donors (Lipinski definition) is 0. The van der Waals surface area contributed by atoms with E-state index in [4.69, 9.17) is 0 Å². The van der Waals surface area contributed by atoms with Crippen LogP contribution in [0.3, 0.4) is 0 Å². The molecule has 1 aliphatic heterocycles. The molecule has 4 aliphatic rings. The average molecular weight is 271 g/mol. The standard InChI is InChI=1S/C17H21NO2/c19-16-14-12-6-7-13(10-12)15(14)17(20)18(16)9-8-11-4-2-1-3-5-11/h4,6-7,12-15H,1-3,5,8-10H2/t12-,13-,14-,15-/m0/s1. The Bertz CT molecular complexity index is 489. The van der Waals surface area contributed by atoms with Crippen LogP contribution in [0.1, 0.15) is 38.5 Å². The second kappa shape index (κ2) is 4.57. The van der Waals surface area contributed by atoms with Crippen LogP contribution in [0.2, 0.25) is 0 Å². The molecule has 2 bridgehead atoms. The number of hydrogen-bond acceptors (Lipinski definition) is 2. The third kappa shape index (κ3) is 1.72. The summed E-state index contributed by atoms with van der Waals surface area (Å²) in [5.74, 6) is 0.817. The highest BCUT2D eigenvalue weighted by Gasteiger charge is 2.58. The summed E-state index contributed by atoms with van der Waals surface area (Å²) >= 11 is 0. The molecule has 1 heterocycles. The number of fused-ring (bicyclic) bond motifs is 5. The number of imide groups is 1. The van der Waals surface area contributed by atoms with Gasteiger partial charge < -0.3 is 0 Å². The number of amides is 2. The van der Waals surface area contributed by atoms with E-state index in [-0.39, 0.29) is 23.7 Å². The molecule has 4 rings (SSSR count). The molecule has 0 spiro atoms. The van der Waals surface area contributed by atoms with Crippen LogP contribution in [0.5, 0.6) is 0 Å². The minimum atomic E-state index is -0.0298. The number of carbonyl (C=O) groups excluding carboxylic acids is 2. The Labute approximate surface area is 119 Å². The van der Waals surface area contributed by atoms with Crippen LogP contribution in [0.4, 0.5) is 0 Å². The summed E-state index contributed by atoms with van der Waals surface area (Å²) in [6, 6.07) is 0. The van der Waals surface area contributed by atoms with Crippen LogP contribution in [-0.4, -0.2) is 23.3 Å². The first-order valence-electron chi connectivity index (χ1n) is 7.97. The van der Waals surface area contributed by atoms with Crippen LogP contribution in [0, 0.1) is 23.7 Å². The number of rotatable bonds is 3. The minimum Gasteiger partial charge on any atom is -0.282 e. The molecule has 0 aromatic rings. The Hall–Kier alpha value is -1.38. The third-order valence-electron chi connectivity index (χ3n) is 5.60. The summed E-state index contributed by atoms with van der Waals surface area (Å²) in [5.41, 5.74) is 1.44. The van der Waals surface area contributed by atoms with Crippen molar-refractivity contribution in [3.8, 4) is 0 Å². The van der Waals surface area contributed by atoms with Crippen LogP contribution in [0.25, 0.3) is 0 Å². The maximum atomic E-state index is 12.5. The molecular formula is C17H21NO2. The molecule has 0 aromatic heterocycles. The van der Waals surface area contributed by atoms with E-state index in [1.165, 1.54) is 18.4 Å². The van der Waals surface area contributed by atoms with Crippen molar-refractivity contribution in [2.75, 3.05) is 6.54 Å². The van der Waals surface area contributed by atoms with Gasteiger partial charge in [0.15, 0.2) is 0 Å². The van der Waals surface area contributed by atoms with Gasteiger partial charge in [0.05, 0.1) is 11.8 Å². The quantitative estimate of drug-likeness (QED) is 0.584. The highest BCUT2D eigenvalue weighted by Crippen LogP contribution is 2.52. The second-order valence-corrected chi connectivity index (χ2v) is 6.69. The van der Waals surface area contributed by atoms with Gasteiger partial charge in [-0.3, -0.25) is 14.5 Å². The summed E-state index contributed by atoms with van der Waals surface area (Å²) < 4.78 is 0. The first-order chi connectivity index (χ1) is 9.75. The highest BCUT2D eigenvalue weighted by molar-refractivity contribution is 6.06. The minimum absolute atomic E-state index is 0.0298. The second-order valence-electron chi connectivity index (χ2n) is 6.69. The lowest BCUT2D eigenvalue weighted by atomic mass is 9.85. The van der Waals surface area contributed by atoms with Crippen LogP contribution >= 0.6 is 0 Å². The lowest BCUT2D eigenvalue weighted by Gasteiger charge is -2.19. The van der Waals surface area contributed by atoms with E-state index in [9.17, 15) is 9.59 Å². The van der Waals surface area contributed by atoms with Gasteiger partial charge in [0.25, 0.3) is 0 Å². The maximum absolute atomic E-state index is 12.5. The molecule has 3 heteroatoms. The van der Waals surface area contributed by atoms with Gasteiger partial charge in [0.2, 0.25) is 11.8 Å². The average Bonchev–Trinajstić information content (AvgIpc) is 3.13. The Morgan fingerprint density at radius 3 is 2.35 bits per heavy atom.